The van der Waals surface area contributed by atoms with E-state index in [-0.39, 0.29) is 11.3 Å². The van der Waals surface area contributed by atoms with Crippen LogP contribution in [0.25, 0.3) is 0 Å². The van der Waals surface area contributed by atoms with Crippen LogP contribution in [0.5, 0.6) is 0 Å². The van der Waals surface area contributed by atoms with Crippen LogP contribution in [0.15, 0.2) is 0 Å². The first-order chi connectivity index (χ1) is 9.91. The molecule has 5 rings (SSSR count). The number of carbonyl (C=O) groups is 2. The lowest BCUT2D eigenvalue weighted by atomic mass is 9.44. The second kappa shape index (κ2) is 4.40. The average molecular weight is 309 g/mol. The topological polar surface area (TPSA) is 57.6 Å². The van der Waals surface area contributed by atoms with Crippen molar-refractivity contribution < 1.29 is 14.7 Å². The van der Waals surface area contributed by atoms with Gasteiger partial charge in [-0.15, -0.1) is 11.8 Å². The number of amides is 1. The zero-order valence-corrected chi connectivity index (χ0v) is 13.3. The zero-order valence-electron chi connectivity index (χ0n) is 12.5. The van der Waals surface area contributed by atoms with E-state index in [1.807, 2.05) is 0 Å². The Kier molecular flexibility index (Phi) is 2.92. The van der Waals surface area contributed by atoms with E-state index in [1.165, 1.54) is 19.3 Å². The largest absolute Gasteiger partial charge is 0.480 e. The fourth-order valence-electron chi connectivity index (χ4n) is 6.12. The number of nitrogens with zero attached hydrogens (tertiary/aromatic N) is 1. The van der Waals surface area contributed by atoms with Crippen LogP contribution in [0.3, 0.4) is 0 Å². The normalized spacial score (nSPS) is 47.9. The summed E-state index contributed by atoms with van der Waals surface area (Å²) >= 11 is 1.57. The molecule has 0 radical (unpaired) electrons. The molecule has 3 atom stereocenters. The molecular weight excluding hydrogens is 286 g/mol. The highest BCUT2D eigenvalue weighted by molar-refractivity contribution is 7.99. The minimum Gasteiger partial charge on any atom is -0.480 e. The summed E-state index contributed by atoms with van der Waals surface area (Å²) in [6, 6.07) is -0.608. The van der Waals surface area contributed by atoms with E-state index >= 15 is 0 Å². The molecule has 4 aliphatic carbocycles. The predicted molar refractivity (Wildman–Crippen MR) is 80.8 cm³/mol. The molecule has 1 amide bonds. The first-order valence-electron chi connectivity index (χ1n) is 8.02. The number of hydrogen-bond acceptors (Lipinski definition) is 3. The second-order valence-electron chi connectivity index (χ2n) is 8.18. The van der Waals surface area contributed by atoms with Crippen molar-refractivity contribution in [3.63, 3.8) is 0 Å². The summed E-state index contributed by atoms with van der Waals surface area (Å²) in [5, 5.41) is 9.36. The van der Waals surface area contributed by atoms with Crippen molar-refractivity contribution in [3.05, 3.63) is 0 Å². The van der Waals surface area contributed by atoms with Gasteiger partial charge in [0.1, 0.15) is 6.04 Å². The molecule has 4 nitrogen and oxygen atoms in total. The molecule has 5 fully saturated rings. The minimum absolute atomic E-state index is 0.153. The van der Waals surface area contributed by atoms with Crippen LogP contribution in [0.4, 0.5) is 0 Å². The standard InChI is InChI=1S/C16H23NO3S/c1-15-3-10-2-11(4-15)6-16(5-10,8-15)14(20)17-9-21-7-12(17)13(18)19/h10-12H,2-9H2,1H3,(H,18,19)/t10?,11?,12-,15?,16?/m0/s1. The third-order valence-electron chi connectivity index (χ3n) is 6.24. The Morgan fingerprint density at radius 3 is 2.43 bits per heavy atom. The summed E-state index contributed by atoms with van der Waals surface area (Å²) in [6.07, 6.45) is 6.84. The Hall–Kier alpha value is -0.710. The summed E-state index contributed by atoms with van der Waals surface area (Å²) < 4.78 is 0. The van der Waals surface area contributed by atoms with E-state index in [0.29, 0.717) is 28.9 Å². The Bertz CT molecular complexity index is 492. The molecular formula is C16H23NO3S. The Balaban J connectivity index is 1.63. The highest BCUT2D eigenvalue weighted by Crippen LogP contribution is 2.65. The van der Waals surface area contributed by atoms with Crippen molar-refractivity contribution >= 4 is 23.6 Å². The van der Waals surface area contributed by atoms with Crippen LogP contribution in [0.2, 0.25) is 0 Å². The Morgan fingerprint density at radius 2 is 1.86 bits per heavy atom. The molecule has 5 heteroatoms. The zero-order chi connectivity index (χ0) is 14.8. The molecule has 1 heterocycles. The SMILES string of the molecule is CC12CC3CC(C1)CC(C(=O)N1CSC[C@H]1C(=O)O)(C3)C2. The molecule has 116 valence electrons. The molecule has 1 aliphatic heterocycles. The number of carboxylic acids is 1. The maximum Gasteiger partial charge on any atom is 0.327 e. The van der Waals surface area contributed by atoms with Crippen molar-refractivity contribution in [2.45, 2.75) is 51.5 Å². The van der Waals surface area contributed by atoms with Gasteiger partial charge in [-0.1, -0.05) is 6.92 Å². The lowest BCUT2D eigenvalue weighted by Crippen LogP contribution is -2.58. The number of rotatable bonds is 2. The van der Waals surface area contributed by atoms with E-state index in [4.69, 9.17) is 0 Å². The first kappa shape index (κ1) is 13.9. The van der Waals surface area contributed by atoms with Crippen molar-refractivity contribution in [1.29, 1.82) is 0 Å². The summed E-state index contributed by atoms with van der Waals surface area (Å²) in [4.78, 5) is 26.3. The first-order valence-corrected chi connectivity index (χ1v) is 9.18. The second-order valence-corrected chi connectivity index (χ2v) is 9.18. The minimum atomic E-state index is -0.843. The Labute approximate surface area is 129 Å². The van der Waals surface area contributed by atoms with Crippen LogP contribution >= 0.6 is 11.8 Å². The summed E-state index contributed by atoms with van der Waals surface area (Å²) in [5.41, 5.74) is 0.0861. The fraction of sp³-hybridized carbons (Fsp3) is 0.875. The summed E-state index contributed by atoms with van der Waals surface area (Å²) in [7, 11) is 0. The third kappa shape index (κ3) is 2.03. The van der Waals surface area contributed by atoms with Gasteiger partial charge in [-0.25, -0.2) is 4.79 Å². The Morgan fingerprint density at radius 1 is 1.19 bits per heavy atom. The van der Waals surface area contributed by atoms with Gasteiger partial charge in [0.2, 0.25) is 5.91 Å². The quantitative estimate of drug-likeness (QED) is 0.852. The van der Waals surface area contributed by atoms with Gasteiger partial charge in [-0.05, 0) is 55.8 Å². The number of aliphatic carboxylic acids is 1. The molecule has 0 aromatic carbocycles. The maximum atomic E-state index is 13.2. The van der Waals surface area contributed by atoms with Crippen LogP contribution < -0.4 is 0 Å². The van der Waals surface area contributed by atoms with E-state index in [1.54, 1.807) is 16.7 Å². The fourth-order valence-corrected chi connectivity index (χ4v) is 7.27. The van der Waals surface area contributed by atoms with Crippen molar-refractivity contribution in [2.24, 2.45) is 22.7 Å². The molecule has 4 saturated carbocycles. The lowest BCUT2D eigenvalue weighted by molar-refractivity contribution is -0.169. The van der Waals surface area contributed by atoms with Gasteiger partial charge in [0.15, 0.2) is 0 Å². The number of hydrogen-bond donors (Lipinski definition) is 1. The summed E-state index contributed by atoms with van der Waals surface area (Å²) in [5.74, 6) is 1.80. The van der Waals surface area contributed by atoms with Crippen LogP contribution in [0.1, 0.15) is 45.4 Å². The van der Waals surface area contributed by atoms with Gasteiger partial charge >= 0.3 is 5.97 Å². The molecule has 1 saturated heterocycles. The third-order valence-corrected chi connectivity index (χ3v) is 7.25. The summed E-state index contributed by atoms with van der Waals surface area (Å²) in [6.45, 7) is 2.35. The van der Waals surface area contributed by atoms with Crippen LogP contribution in [-0.4, -0.2) is 39.6 Å². The van der Waals surface area contributed by atoms with Crippen LogP contribution in [-0.2, 0) is 9.59 Å². The monoisotopic (exact) mass is 309 g/mol. The molecule has 2 unspecified atom stereocenters. The smallest absolute Gasteiger partial charge is 0.327 e. The molecule has 0 spiro atoms. The van der Waals surface area contributed by atoms with E-state index < -0.39 is 12.0 Å². The van der Waals surface area contributed by atoms with Gasteiger partial charge in [-0.2, -0.15) is 0 Å². The molecule has 4 bridgehead atoms. The predicted octanol–water partition coefficient (Wildman–Crippen LogP) is 2.58. The van der Waals surface area contributed by atoms with Crippen molar-refractivity contribution in [1.82, 2.24) is 4.90 Å². The van der Waals surface area contributed by atoms with Crippen LogP contribution in [0, 0.1) is 22.7 Å². The molecule has 21 heavy (non-hydrogen) atoms. The van der Waals surface area contributed by atoms with Gasteiger partial charge in [-0.3, -0.25) is 4.79 Å². The van der Waals surface area contributed by atoms with Gasteiger partial charge in [0.25, 0.3) is 0 Å². The molecule has 0 aromatic heterocycles. The number of thioether (sulfide) groups is 1. The van der Waals surface area contributed by atoms with Gasteiger partial charge in [0, 0.05) is 5.75 Å². The molecule has 5 aliphatic rings. The van der Waals surface area contributed by atoms with Crippen molar-refractivity contribution in [3.8, 4) is 0 Å². The molecule has 1 N–H and O–H groups in total. The van der Waals surface area contributed by atoms with Crippen molar-refractivity contribution in [2.75, 3.05) is 11.6 Å². The average Bonchev–Trinajstić information content (AvgIpc) is 2.83. The highest BCUT2D eigenvalue weighted by Gasteiger charge is 2.60. The number of carbonyl (C=O) groups excluding carboxylic acids is 1. The van der Waals surface area contributed by atoms with Gasteiger partial charge < -0.3 is 10.0 Å². The number of carboxylic acid groups (broad SMARTS) is 1. The lowest BCUT2D eigenvalue weighted by Gasteiger charge is -2.61. The van der Waals surface area contributed by atoms with Gasteiger partial charge in [0.05, 0.1) is 11.3 Å². The van der Waals surface area contributed by atoms with E-state index in [9.17, 15) is 14.7 Å². The van der Waals surface area contributed by atoms with E-state index in [2.05, 4.69) is 6.92 Å². The van der Waals surface area contributed by atoms with E-state index in [0.717, 1.165) is 19.3 Å². The highest BCUT2D eigenvalue weighted by atomic mass is 32.2. The maximum absolute atomic E-state index is 13.2. The molecule has 0 aromatic rings.